The predicted molar refractivity (Wildman–Crippen MR) is 127 cm³/mol. The van der Waals surface area contributed by atoms with E-state index in [1.807, 2.05) is 48.3 Å². The predicted octanol–water partition coefficient (Wildman–Crippen LogP) is 1.93. The van der Waals surface area contributed by atoms with Crippen molar-refractivity contribution in [2.45, 2.75) is 13.0 Å². The van der Waals surface area contributed by atoms with Crippen LogP contribution in [0.2, 0.25) is 0 Å². The lowest BCUT2D eigenvalue weighted by Crippen LogP contribution is -2.57. The topological polar surface area (TPSA) is 136 Å². The highest BCUT2D eigenvalue weighted by Crippen LogP contribution is 2.26. The smallest absolute Gasteiger partial charge is 0.295 e. The number of amides is 1. The van der Waals surface area contributed by atoms with Gasteiger partial charge in [0.1, 0.15) is 5.84 Å². The number of aliphatic imine (C=N–C) groups is 1. The fraction of sp³-hybridized carbons (Fsp3) is 0.208. The van der Waals surface area contributed by atoms with Gasteiger partial charge in [0.25, 0.3) is 11.7 Å². The highest BCUT2D eigenvalue weighted by Gasteiger charge is 2.34. The third-order valence-electron chi connectivity index (χ3n) is 6.10. The first-order chi connectivity index (χ1) is 17.5. The average molecular weight is 485 g/mol. The maximum Gasteiger partial charge on any atom is 0.295 e. The number of aromatic amines is 1. The number of hydrogen-bond acceptors (Lipinski definition) is 7. The quantitative estimate of drug-likeness (QED) is 0.153. The number of nitrogens with one attached hydrogen (secondary N) is 1. The Labute approximate surface area is 204 Å². The van der Waals surface area contributed by atoms with Gasteiger partial charge < -0.3 is 14.8 Å². The number of H-pyrrole nitrogens is 1. The number of aromatic nitrogens is 5. The van der Waals surface area contributed by atoms with Crippen LogP contribution in [0.15, 0.2) is 60.1 Å². The fourth-order valence-corrected chi connectivity index (χ4v) is 4.42. The molecule has 0 spiro atoms. The van der Waals surface area contributed by atoms with Gasteiger partial charge in [-0.15, -0.1) is 5.10 Å². The molecule has 11 nitrogen and oxygen atoms in total. The molecule has 0 aliphatic carbocycles. The summed E-state index contributed by atoms with van der Waals surface area (Å²) in [7, 11) is 0. The van der Waals surface area contributed by atoms with Gasteiger partial charge in [-0.3, -0.25) is 9.59 Å². The van der Waals surface area contributed by atoms with E-state index in [-0.39, 0.29) is 34.9 Å². The molecular formula is C24H20FN9O2. The zero-order valence-corrected chi connectivity index (χ0v) is 19.2. The number of nitrogens with zero attached hydrogens (tertiary/aromatic N) is 8. The molecule has 4 heterocycles. The summed E-state index contributed by atoms with van der Waals surface area (Å²) < 4.78 is 16.1. The second kappa shape index (κ2) is 9.38. The number of fused-ring (bicyclic) bond motifs is 1. The van der Waals surface area contributed by atoms with Crippen molar-refractivity contribution in [2.24, 2.45) is 4.99 Å². The van der Waals surface area contributed by atoms with Crippen LogP contribution in [0.1, 0.15) is 22.8 Å². The number of amidine groups is 1. The van der Waals surface area contributed by atoms with E-state index in [0.717, 1.165) is 11.8 Å². The third-order valence-corrected chi connectivity index (χ3v) is 6.10. The molecule has 1 aromatic carbocycles. The molecular weight excluding hydrogens is 465 g/mol. The molecule has 1 N–H and O–H groups in total. The lowest BCUT2D eigenvalue weighted by molar-refractivity contribution is -0.130. The summed E-state index contributed by atoms with van der Waals surface area (Å²) in [6.07, 6.45) is 7.12. The van der Waals surface area contributed by atoms with Crippen molar-refractivity contribution in [3.63, 3.8) is 0 Å². The third kappa shape index (κ3) is 3.96. The summed E-state index contributed by atoms with van der Waals surface area (Å²) in [4.78, 5) is 40.7. The molecule has 1 aliphatic rings. The number of piperazine rings is 1. The molecule has 12 heteroatoms. The zero-order chi connectivity index (χ0) is 25.2. The summed E-state index contributed by atoms with van der Waals surface area (Å²) in [5.74, 6) is -1.53. The first kappa shape index (κ1) is 22.9. The summed E-state index contributed by atoms with van der Waals surface area (Å²) in [6.45, 7) is 2.80. The number of halogens is 1. The minimum Gasteiger partial charge on any atom is -0.357 e. The standard InChI is InChI=1S/C24H20FN9O2/c1-15-13-32(22(29-14-26)16-5-3-2-4-6-16)9-10-33(15)24(36)21(35)17-11-27-20-19(17)18(25)12-28-23(20)34-8-7-30-31-34/h2-8,11-12,15,27H,9-10,13H2,1H3/b29-22+/t15-/m1/s1. The lowest BCUT2D eigenvalue weighted by atomic mass is 10.1. The van der Waals surface area contributed by atoms with Crippen molar-refractivity contribution in [1.29, 1.82) is 5.26 Å². The van der Waals surface area contributed by atoms with Gasteiger partial charge in [0.15, 0.2) is 11.6 Å². The van der Waals surface area contributed by atoms with E-state index in [0.29, 0.717) is 18.9 Å². The van der Waals surface area contributed by atoms with Crippen molar-refractivity contribution in [2.75, 3.05) is 19.6 Å². The van der Waals surface area contributed by atoms with E-state index in [9.17, 15) is 19.2 Å². The molecule has 4 aromatic rings. The van der Waals surface area contributed by atoms with Gasteiger partial charge in [-0.05, 0) is 6.92 Å². The van der Waals surface area contributed by atoms with Gasteiger partial charge >= 0.3 is 0 Å². The van der Waals surface area contributed by atoms with Crippen molar-refractivity contribution < 1.29 is 14.0 Å². The van der Waals surface area contributed by atoms with Gasteiger partial charge in [0, 0.05) is 37.4 Å². The van der Waals surface area contributed by atoms with E-state index >= 15 is 0 Å². The molecule has 5 rings (SSSR count). The summed E-state index contributed by atoms with van der Waals surface area (Å²) in [5.41, 5.74) is 0.935. The Morgan fingerprint density at radius 1 is 1.25 bits per heavy atom. The number of hydrogen-bond donors (Lipinski definition) is 1. The Morgan fingerprint density at radius 3 is 2.75 bits per heavy atom. The van der Waals surface area contributed by atoms with Crippen LogP contribution in [0.3, 0.4) is 0 Å². The van der Waals surface area contributed by atoms with Gasteiger partial charge in [0.2, 0.25) is 6.19 Å². The number of Topliss-reactive ketones (excluding diaryl/α,β-unsaturated/α-hetero) is 1. The molecule has 1 amide bonds. The number of pyridine rings is 1. The number of ketones is 1. The van der Waals surface area contributed by atoms with Crippen molar-refractivity contribution in [1.82, 2.24) is 34.8 Å². The minimum absolute atomic E-state index is 0.0346. The number of carbonyl (C=O) groups is 2. The Hall–Kier alpha value is -4.92. The minimum atomic E-state index is -0.829. The average Bonchev–Trinajstić information content (AvgIpc) is 3.58. The molecule has 0 bridgehead atoms. The van der Waals surface area contributed by atoms with Crippen molar-refractivity contribution >= 4 is 28.4 Å². The summed E-state index contributed by atoms with van der Waals surface area (Å²) in [6, 6.07) is 8.94. The van der Waals surface area contributed by atoms with Gasteiger partial charge in [-0.1, -0.05) is 35.5 Å². The monoisotopic (exact) mass is 485 g/mol. The first-order valence-electron chi connectivity index (χ1n) is 11.1. The van der Waals surface area contributed by atoms with E-state index in [1.165, 1.54) is 28.2 Å². The van der Waals surface area contributed by atoms with Crippen LogP contribution in [0.4, 0.5) is 4.39 Å². The zero-order valence-electron chi connectivity index (χ0n) is 19.2. The van der Waals surface area contributed by atoms with Crippen LogP contribution in [0.5, 0.6) is 0 Å². The Balaban J connectivity index is 1.39. The Bertz CT molecular complexity index is 1510. The molecule has 3 aromatic heterocycles. The largest absolute Gasteiger partial charge is 0.357 e. The van der Waals surface area contributed by atoms with Gasteiger partial charge in [-0.2, -0.15) is 10.3 Å². The Morgan fingerprint density at radius 2 is 2.06 bits per heavy atom. The van der Waals surface area contributed by atoms with Crippen molar-refractivity contribution in [3.8, 4) is 12.0 Å². The molecule has 36 heavy (non-hydrogen) atoms. The van der Waals surface area contributed by atoms with Crippen LogP contribution in [-0.4, -0.2) is 78.0 Å². The highest BCUT2D eigenvalue weighted by molar-refractivity contribution is 6.45. The van der Waals surface area contributed by atoms with Gasteiger partial charge in [-0.25, -0.2) is 14.1 Å². The van der Waals surface area contributed by atoms with E-state index in [1.54, 1.807) is 0 Å². The maximum absolute atomic E-state index is 14.8. The SMILES string of the molecule is C[C@@H]1CN(/C(=N/C#N)c2ccccc2)CCN1C(=O)C(=O)c1c[nH]c2c(-n3ccnn3)ncc(F)c12. The molecule has 0 radical (unpaired) electrons. The highest BCUT2D eigenvalue weighted by atomic mass is 19.1. The second-order valence-corrected chi connectivity index (χ2v) is 8.25. The number of benzene rings is 1. The molecule has 0 saturated carbocycles. The van der Waals surface area contributed by atoms with E-state index < -0.39 is 17.5 Å². The fourth-order valence-electron chi connectivity index (χ4n) is 4.42. The first-order valence-corrected chi connectivity index (χ1v) is 11.1. The summed E-state index contributed by atoms with van der Waals surface area (Å²) in [5, 5.41) is 16.7. The van der Waals surface area contributed by atoms with Crippen LogP contribution in [0.25, 0.3) is 16.7 Å². The maximum atomic E-state index is 14.8. The molecule has 1 aliphatic heterocycles. The van der Waals surface area contributed by atoms with E-state index in [2.05, 4.69) is 25.3 Å². The lowest BCUT2D eigenvalue weighted by Gasteiger charge is -2.40. The van der Waals surface area contributed by atoms with Gasteiger partial charge in [0.05, 0.1) is 35.1 Å². The van der Waals surface area contributed by atoms with Crippen LogP contribution < -0.4 is 0 Å². The van der Waals surface area contributed by atoms with Crippen molar-refractivity contribution in [3.05, 3.63) is 72.1 Å². The van der Waals surface area contributed by atoms with E-state index in [4.69, 9.17) is 0 Å². The molecule has 180 valence electrons. The Kier molecular flexibility index (Phi) is 5.95. The van der Waals surface area contributed by atoms with Crippen LogP contribution >= 0.6 is 0 Å². The van der Waals surface area contributed by atoms with Crippen LogP contribution in [-0.2, 0) is 4.79 Å². The molecule has 1 saturated heterocycles. The molecule has 1 atom stereocenters. The number of carbonyl (C=O) groups excluding carboxylic acids is 2. The molecule has 0 unspecified atom stereocenters. The van der Waals surface area contributed by atoms with Crippen LogP contribution in [0, 0.1) is 17.3 Å². The summed E-state index contributed by atoms with van der Waals surface area (Å²) >= 11 is 0. The number of nitriles is 1. The normalized spacial score (nSPS) is 16.2. The molecule has 1 fully saturated rings. The number of rotatable bonds is 4. The second-order valence-electron chi connectivity index (χ2n) is 8.25.